The molecule has 0 aliphatic carbocycles. The summed E-state index contributed by atoms with van der Waals surface area (Å²) in [5.74, 6) is 0. The molecular formula is C42H24N2S6. The molecule has 0 bridgehead atoms. The molecule has 8 heteroatoms. The minimum absolute atomic E-state index is 1.23. The largest absolute Gasteiger partial charge is 0.298 e. The number of rotatable bonds is 6. The highest BCUT2D eigenvalue weighted by atomic mass is 32.1. The highest BCUT2D eigenvalue weighted by molar-refractivity contribution is 7.27. The summed E-state index contributed by atoms with van der Waals surface area (Å²) in [4.78, 5) is 10.5. The molecule has 0 radical (unpaired) electrons. The topological polar surface area (TPSA) is 9.86 Å². The van der Waals surface area contributed by atoms with Gasteiger partial charge in [0.25, 0.3) is 0 Å². The molecule has 50 heavy (non-hydrogen) atoms. The van der Waals surface area contributed by atoms with E-state index in [2.05, 4.69) is 153 Å². The lowest BCUT2D eigenvalue weighted by Gasteiger charge is -2.09. The Bertz CT molecular complexity index is 2790. The zero-order valence-corrected chi connectivity index (χ0v) is 31.1. The fraction of sp³-hybridized carbons (Fsp3) is 0. The smallest absolute Gasteiger partial charge is 0.101 e. The van der Waals surface area contributed by atoms with E-state index >= 15 is 0 Å². The van der Waals surface area contributed by atoms with Crippen LogP contribution < -0.4 is 0 Å². The highest BCUT2D eigenvalue weighted by Gasteiger charge is 2.23. The van der Waals surface area contributed by atoms with Crippen LogP contribution in [-0.2, 0) is 0 Å². The van der Waals surface area contributed by atoms with Crippen LogP contribution in [0.5, 0.6) is 0 Å². The van der Waals surface area contributed by atoms with Gasteiger partial charge in [-0.25, -0.2) is 0 Å². The number of benzene rings is 3. The van der Waals surface area contributed by atoms with Gasteiger partial charge in [-0.2, -0.15) is 0 Å². The lowest BCUT2D eigenvalue weighted by molar-refractivity contribution is 1.19. The molecule has 11 aromatic rings. The summed E-state index contributed by atoms with van der Waals surface area (Å²) in [5, 5.41) is 11.9. The van der Waals surface area contributed by atoms with E-state index in [1.807, 2.05) is 45.3 Å². The molecule has 0 saturated heterocycles. The minimum Gasteiger partial charge on any atom is -0.298 e. The molecule has 8 aromatic heterocycles. The number of nitrogens with zero attached hydrogens (tertiary/aromatic N) is 2. The Balaban J connectivity index is 1.14. The molecule has 0 saturated carbocycles. The van der Waals surface area contributed by atoms with Crippen molar-refractivity contribution in [2.45, 2.75) is 0 Å². The second-order valence-electron chi connectivity index (χ2n) is 12.1. The third kappa shape index (κ3) is 4.47. The maximum atomic E-state index is 2.52. The van der Waals surface area contributed by atoms with E-state index in [4.69, 9.17) is 0 Å². The zero-order chi connectivity index (χ0) is 32.8. The summed E-state index contributed by atoms with van der Waals surface area (Å²) in [6.45, 7) is 0. The van der Waals surface area contributed by atoms with Crippen LogP contribution in [0.25, 0.3) is 92.6 Å². The Morgan fingerprint density at radius 1 is 0.300 bits per heavy atom. The van der Waals surface area contributed by atoms with Crippen LogP contribution >= 0.6 is 68.0 Å². The maximum Gasteiger partial charge on any atom is 0.101 e. The van der Waals surface area contributed by atoms with Gasteiger partial charge < -0.3 is 0 Å². The van der Waals surface area contributed by atoms with Gasteiger partial charge >= 0.3 is 0 Å². The standard InChI is InChI=1S/C42H24N2S6/c1-3-9-29-25(7-1)27-13-14-28-26-8-2-4-10-30(26)44(40-22-20-38(50-40)36-18-16-34(48-36)32-12-6-24-46-32)42(28)41(27)43(29)39-21-19-37(49-39)35-17-15-33(47-35)31-11-5-23-45-31/h1-24H. The molecule has 0 fully saturated rings. The Morgan fingerprint density at radius 3 is 1.14 bits per heavy atom. The van der Waals surface area contributed by atoms with E-state index in [0.717, 1.165) is 0 Å². The molecular weight excluding hydrogens is 725 g/mol. The van der Waals surface area contributed by atoms with Gasteiger partial charge in [-0.15, -0.1) is 68.0 Å². The van der Waals surface area contributed by atoms with Gasteiger partial charge in [0.05, 0.1) is 22.1 Å². The third-order valence-corrected chi connectivity index (χ3v) is 16.2. The van der Waals surface area contributed by atoms with Gasteiger partial charge in [0.15, 0.2) is 0 Å². The first-order valence-corrected chi connectivity index (χ1v) is 21.2. The van der Waals surface area contributed by atoms with Crippen molar-refractivity contribution < 1.29 is 0 Å². The van der Waals surface area contributed by atoms with E-state index < -0.39 is 0 Å². The van der Waals surface area contributed by atoms with Crippen molar-refractivity contribution in [2.75, 3.05) is 0 Å². The second kappa shape index (κ2) is 11.5. The van der Waals surface area contributed by atoms with E-state index in [9.17, 15) is 0 Å². The lowest BCUT2D eigenvalue weighted by Crippen LogP contribution is -1.95. The van der Waals surface area contributed by atoms with Gasteiger partial charge in [0, 0.05) is 60.6 Å². The Kier molecular flexibility index (Phi) is 6.72. The molecule has 11 rings (SSSR count). The van der Waals surface area contributed by atoms with Crippen LogP contribution in [0, 0.1) is 0 Å². The summed E-state index contributed by atoms with van der Waals surface area (Å²) >= 11 is 11.1. The molecule has 0 aliphatic rings. The Morgan fingerprint density at radius 2 is 0.700 bits per heavy atom. The number of hydrogen-bond donors (Lipinski definition) is 0. The molecule has 0 amide bonds. The van der Waals surface area contributed by atoms with Crippen molar-refractivity contribution in [3.63, 3.8) is 0 Å². The Labute approximate surface area is 311 Å². The van der Waals surface area contributed by atoms with Crippen molar-refractivity contribution in [1.29, 1.82) is 0 Å². The van der Waals surface area contributed by atoms with Crippen LogP contribution in [-0.4, -0.2) is 9.13 Å². The van der Waals surface area contributed by atoms with Crippen molar-refractivity contribution >= 4 is 112 Å². The quantitative estimate of drug-likeness (QED) is 0.160. The van der Waals surface area contributed by atoms with Crippen LogP contribution in [0.1, 0.15) is 0 Å². The van der Waals surface area contributed by atoms with Gasteiger partial charge in [-0.3, -0.25) is 9.13 Å². The summed E-state index contributed by atoms with van der Waals surface area (Å²) < 4.78 is 5.04. The number of hydrogen-bond acceptors (Lipinski definition) is 6. The maximum absolute atomic E-state index is 2.52. The monoisotopic (exact) mass is 748 g/mol. The van der Waals surface area contributed by atoms with Crippen LogP contribution in [0.4, 0.5) is 0 Å². The van der Waals surface area contributed by atoms with Gasteiger partial charge in [0.2, 0.25) is 0 Å². The number of aromatic nitrogens is 2. The van der Waals surface area contributed by atoms with E-state index in [-0.39, 0.29) is 0 Å². The number of thiophene rings is 6. The average molecular weight is 749 g/mol. The summed E-state index contributed by atoms with van der Waals surface area (Å²) in [7, 11) is 0. The van der Waals surface area contributed by atoms with Crippen LogP contribution in [0.3, 0.4) is 0 Å². The second-order valence-corrected chi connectivity index (χ2v) is 18.3. The molecule has 238 valence electrons. The van der Waals surface area contributed by atoms with Crippen molar-refractivity contribution in [3.8, 4) is 49.0 Å². The normalized spacial score (nSPS) is 12.0. The zero-order valence-electron chi connectivity index (χ0n) is 26.2. The van der Waals surface area contributed by atoms with Crippen LogP contribution in [0.15, 0.2) is 144 Å². The summed E-state index contributed by atoms with van der Waals surface area (Å²) in [6, 6.07) is 49.5. The SMILES string of the molecule is c1csc(-c2ccc(-c3ccc(-n4c5ccccc5c5ccc6c7ccccc7n(-c7ccc(-c8ccc(-c9cccs9)s8)s7)c6c54)s3)s2)c1. The fourth-order valence-corrected chi connectivity index (χ4v) is 13.1. The minimum atomic E-state index is 1.23. The number of para-hydroxylation sites is 2. The van der Waals surface area contributed by atoms with E-state index in [1.165, 1.54) is 92.6 Å². The molecule has 2 nitrogen and oxygen atoms in total. The van der Waals surface area contributed by atoms with Gasteiger partial charge in [0.1, 0.15) is 10.0 Å². The summed E-state index contributed by atoms with van der Waals surface area (Å²) in [6.07, 6.45) is 0. The van der Waals surface area contributed by atoms with E-state index in [1.54, 1.807) is 22.7 Å². The number of fused-ring (bicyclic) bond motifs is 7. The lowest BCUT2D eigenvalue weighted by atomic mass is 10.1. The van der Waals surface area contributed by atoms with Gasteiger partial charge in [-0.05, 0) is 83.6 Å². The first kappa shape index (κ1) is 29.2. The molecule has 0 N–H and O–H groups in total. The first-order valence-electron chi connectivity index (χ1n) is 16.2. The van der Waals surface area contributed by atoms with Crippen molar-refractivity contribution in [3.05, 3.63) is 144 Å². The third-order valence-electron chi connectivity index (χ3n) is 9.32. The molecule has 3 aromatic carbocycles. The molecule has 0 atom stereocenters. The molecule has 0 spiro atoms. The summed E-state index contributed by atoms with van der Waals surface area (Å²) in [5.41, 5.74) is 4.98. The predicted molar refractivity (Wildman–Crippen MR) is 224 cm³/mol. The van der Waals surface area contributed by atoms with Crippen LogP contribution in [0.2, 0.25) is 0 Å². The van der Waals surface area contributed by atoms with E-state index in [0.29, 0.717) is 0 Å². The molecule has 0 aliphatic heterocycles. The first-order chi connectivity index (χ1) is 24.8. The fourth-order valence-electron chi connectivity index (χ4n) is 7.16. The Hall–Kier alpha value is -4.54. The predicted octanol–water partition coefficient (Wildman–Crippen LogP) is 14.9. The average Bonchev–Trinajstić information content (AvgIpc) is 4.00. The molecule has 0 unspecified atom stereocenters. The van der Waals surface area contributed by atoms with Crippen molar-refractivity contribution in [2.24, 2.45) is 0 Å². The molecule has 8 heterocycles. The highest BCUT2D eigenvalue weighted by Crippen LogP contribution is 2.47. The van der Waals surface area contributed by atoms with Crippen molar-refractivity contribution in [1.82, 2.24) is 9.13 Å². The van der Waals surface area contributed by atoms with Gasteiger partial charge in [-0.1, -0.05) is 60.7 Å².